The number of aromatic nitrogens is 2. The van der Waals surface area contributed by atoms with Crippen molar-refractivity contribution >= 4 is 22.6 Å². The van der Waals surface area contributed by atoms with Crippen LogP contribution in [0.1, 0.15) is 5.69 Å². The molecule has 1 aromatic carbocycles. The van der Waals surface area contributed by atoms with Crippen molar-refractivity contribution in [2.24, 2.45) is 5.73 Å². The molecule has 0 bridgehead atoms. The second-order valence-electron chi connectivity index (χ2n) is 3.11. The van der Waals surface area contributed by atoms with Gasteiger partial charge in [0.25, 0.3) is 0 Å². The lowest BCUT2D eigenvalue weighted by Gasteiger charge is -2.02. The Labute approximate surface area is 102 Å². The van der Waals surface area contributed by atoms with Crippen LogP contribution < -0.4 is 5.73 Å². The van der Waals surface area contributed by atoms with Gasteiger partial charge in [0, 0.05) is 15.7 Å². The Bertz CT molecular complexity index is 471. The molecule has 76 valence electrons. The molecular weight excluding hydrogens is 301 g/mol. The predicted molar refractivity (Wildman–Crippen MR) is 68.1 cm³/mol. The van der Waals surface area contributed by atoms with Gasteiger partial charge in [-0.2, -0.15) is 0 Å². The molecule has 0 amide bonds. The van der Waals surface area contributed by atoms with E-state index in [-0.39, 0.29) is 0 Å². The number of rotatable bonds is 2. The molecule has 0 fully saturated rings. The summed E-state index contributed by atoms with van der Waals surface area (Å²) in [6.45, 7) is 0.444. The van der Waals surface area contributed by atoms with E-state index in [0.29, 0.717) is 6.54 Å². The van der Waals surface area contributed by atoms with Crippen molar-refractivity contribution in [1.29, 1.82) is 0 Å². The summed E-state index contributed by atoms with van der Waals surface area (Å²) in [5.41, 5.74) is 8.41. The van der Waals surface area contributed by atoms with Gasteiger partial charge in [-0.25, -0.2) is 9.97 Å². The molecule has 0 aliphatic carbocycles. The Morgan fingerprint density at radius 2 is 2.07 bits per heavy atom. The van der Waals surface area contributed by atoms with Gasteiger partial charge in [-0.05, 0) is 40.8 Å². The van der Waals surface area contributed by atoms with Crippen LogP contribution in [0.4, 0.5) is 0 Å². The first kappa shape index (κ1) is 10.5. The largest absolute Gasteiger partial charge is 0.325 e. The molecule has 0 spiro atoms. The van der Waals surface area contributed by atoms with E-state index in [1.54, 1.807) is 6.33 Å². The molecule has 1 aromatic heterocycles. The van der Waals surface area contributed by atoms with Crippen LogP contribution in [0.2, 0.25) is 0 Å². The molecule has 0 aliphatic heterocycles. The molecule has 2 N–H and O–H groups in total. The molecule has 2 aromatic rings. The first-order chi connectivity index (χ1) is 7.29. The number of nitrogens with zero attached hydrogens (tertiary/aromatic N) is 2. The van der Waals surface area contributed by atoms with Gasteiger partial charge in [-0.15, -0.1) is 0 Å². The molecular formula is C11H10IN3. The van der Waals surface area contributed by atoms with E-state index < -0.39 is 0 Å². The SMILES string of the molecule is NCc1cc(-c2cccc(I)c2)ncn1. The smallest absolute Gasteiger partial charge is 0.116 e. The number of nitrogens with two attached hydrogens (primary N) is 1. The molecule has 0 aliphatic rings. The second kappa shape index (κ2) is 4.67. The highest BCUT2D eigenvalue weighted by atomic mass is 127. The van der Waals surface area contributed by atoms with Crippen molar-refractivity contribution in [2.75, 3.05) is 0 Å². The van der Waals surface area contributed by atoms with Crippen LogP contribution >= 0.6 is 22.6 Å². The number of hydrogen-bond acceptors (Lipinski definition) is 3. The molecule has 1 heterocycles. The van der Waals surface area contributed by atoms with E-state index in [1.165, 1.54) is 3.57 Å². The average Bonchev–Trinajstić information content (AvgIpc) is 2.29. The zero-order chi connectivity index (χ0) is 10.7. The fraction of sp³-hybridized carbons (Fsp3) is 0.0909. The van der Waals surface area contributed by atoms with Crippen LogP contribution in [-0.4, -0.2) is 9.97 Å². The van der Waals surface area contributed by atoms with Crippen LogP contribution in [0.5, 0.6) is 0 Å². The fourth-order valence-corrected chi connectivity index (χ4v) is 1.86. The second-order valence-corrected chi connectivity index (χ2v) is 4.35. The predicted octanol–water partition coefficient (Wildman–Crippen LogP) is 2.21. The van der Waals surface area contributed by atoms with Crippen molar-refractivity contribution < 1.29 is 0 Å². The third kappa shape index (κ3) is 2.51. The van der Waals surface area contributed by atoms with Crippen molar-refractivity contribution in [1.82, 2.24) is 9.97 Å². The van der Waals surface area contributed by atoms with E-state index in [1.807, 2.05) is 18.2 Å². The Hall–Kier alpha value is -1.01. The summed E-state index contributed by atoms with van der Waals surface area (Å²) in [6, 6.07) is 10.1. The first-order valence-corrected chi connectivity index (χ1v) is 5.64. The summed E-state index contributed by atoms with van der Waals surface area (Å²) >= 11 is 2.28. The van der Waals surface area contributed by atoms with Crippen molar-refractivity contribution in [2.45, 2.75) is 6.54 Å². The maximum absolute atomic E-state index is 5.53. The van der Waals surface area contributed by atoms with E-state index in [4.69, 9.17) is 5.73 Å². The molecule has 2 rings (SSSR count). The minimum atomic E-state index is 0.444. The molecule has 0 saturated heterocycles. The highest BCUT2D eigenvalue weighted by molar-refractivity contribution is 14.1. The van der Waals surface area contributed by atoms with E-state index in [2.05, 4.69) is 44.7 Å². The number of hydrogen-bond donors (Lipinski definition) is 1. The summed E-state index contributed by atoms with van der Waals surface area (Å²) in [6.07, 6.45) is 1.55. The van der Waals surface area contributed by atoms with Crippen LogP contribution in [0.15, 0.2) is 36.7 Å². The van der Waals surface area contributed by atoms with E-state index in [9.17, 15) is 0 Å². The van der Waals surface area contributed by atoms with Gasteiger partial charge in [-0.1, -0.05) is 12.1 Å². The zero-order valence-corrected chi connectivity index (χ0v) is 10.2. The van der Waals surface area contributed by atoms with Crippen LogP contribution in [0.3, 0.4) is 0 Å². The Kier molecular flexibility index (Phi) is 3.27. The van der Waals surface area contributed by atoms with E-state index in [0.717, 1.165) is 17.0 Å². The molecule has 0 atom stereocenters. The van der Waals surface area contributed by atoms with Gasteiger partial charge >= 0.3 is 0 Å². The lowest BCUT2D eigenvalue weighted by atomic mass is 10.1. The Morgan fingerprint density at radius 3 is 2.80 bits per heavy atom. The number of benzene rings is 1. The summed E-state index contributed by atoms with van der Waals surface area (Å²) < 4.78 is 1.19. The Morgan fingerprint density at radius 1 is 1.20 bits per heavy atom. The van der Waals surface area contributed by atoms with Gasteiger partial charge < -0.3 is 5.73 Å². The summed E-state index contributed by atoms with van der Waals surface area (Å²) in [4.78, 5) is 8.30. The quantitative estimate of drug-likeness (QED) is 0.865. The highest BCUT2D eigenvalue weighted by Crippen LogP contribution is 2.19. The minimum absolute atomic E-state index is 0.444. The van der Waals surface area contributed by atoms with Crippen molar-refractivity contribution in [3.63, 3.8) is 0 Å². The lowest BCUT2D eigenvalue weighted by molar-refractivity contribution is 0.966. The zero-order valence-electron chi connectivity index (χ0n) is 8.02. The monoisotopic (exact) mass is 311 g/mol. The van der Waals surface area contributed by atoms with Crippen LogP contribution in [-0.2, 0) is 6.54 Å². The van der Waals surface area contributed by atoms with Crippen LogP contribution in [0.25, 0.3) is 11.3 Å². The van der Waals surface area contributed by atoms with Crippen molar-refractivity contribution in [3.8, 4) is 11.3 Å². The third-order valence-corrected chi connectivity index (χ3v) is 2.72. The maximum Gasteiger partial charge on any atom is 0.116 e. The van der Waals surface area contributed by atoms with Gasteiger partial charge in [-0.3, -0.25) is 0 Å². The van der Waals surface area contributed by atoms with Crippen LogP contribution in [0, 0.1) is 3.57 Å². The minimum Gasteiger partial charge on any atom is -0.325 e. The molecule has 0 unspecified atom stereocenters. The third-order valence-electron chi connectivity index (χ3n) is 2.05. The standard InChI is InChI=1S/C11H10IN3/c12-9-3-1-2-8(4-9)11-5-10(6-13)14-7-15-11/h1-5,7H,6,13H2. The van der Waals surface area contributed by atoms with Gasteiger partial charge in [0.1, 0.15) is 6.33 Å². The fourth-order valence-electron chi connectivity index (χ4n) is 1.31. The summed E-state index contributed by atoms with van der Waals surface area (Å²) in [7, 11) is 0. The van der Waals surface area contributed by atoms with Gasteiger partial charge in [0.15, 0.2) is 0 Å². The molecule has 0 saturated carbocycles. The summed E-state index contributed by atoms with van der Waals surface area (Å²) in [5, 5.41) is 0. The topological polar surface area (TPSA) is 51.8 Å². The highest BCUT2D eigenvalue weighted by Gasteiger charge is 2.01. The average molecular weight is 311 g/mol. The van der Waals surface area contributed by atoms with Crippen molar-refractivity contribution in [3.05, 3.63) is 45.9 Å². The van der Waals surface area contributed by atoms with E-state index >= 15 is 0 Å². The lowest BCUT2D eigenvalue weighted by Crippen LogP contribution is -2.00. The molecule has 3 nitrogen and oxygen atoms in total. The van der Waals surface area contributed by atoms with Gasteiger partial charge in [0.05, 0.1) is 11.4 Å². The molecule has 4 heteroatoms. The molecule has 15 heavy (non-hydrogen) atoms. The normalized spacial score (nSPS) is 10.3. The van der Waals surface area contributed by atoms with Gasteiger partial charge in [0.2, 0.25) is 0 Å². The molecule has 0 radical (unpaired) electrons. The Balaban J connectivity index is 2.44. The number of halogens is 1. The maximum atomic E-state index is 5.53. The summed E-state index contributed by atoms with van der Waals surface area (Å²) in [5.74, 6) is 0. The first-order valence-electron chi connectivity index (χ1n) is 4.56.